The summed E-state index contributed by atoms with van der Waals surface area (Å²) in [6.07, 6.45) is 0. The minimum absolute atomic E-state index is 0.0138. The van der Waals surface area contributed by atoms with E-state index in [2.05, 4.69) is 10.6 Å². The fraction of sp³-hybridized carbons (Fsp3) is 0.385. The molecule has 5 heteroatoms. The summed E-state index contributed by atoms with van der Waals surface area (Å²) in [5, 5.41) is 6.44. The number of amides is 1. The van der Waals surface area contributed by atoms with Crippen molar-refractivity contribution in [2.24, 2.45) is 0 Å². The molecule has 0 fully saturated rings. The van der Waals surface area contributed by atoms with Gasteiger partial charge in [-0.25, -0.2) is 0 Å². The lowest BCUT2D eigenvalue weighted by Crippen LogP contribution is -2.38. The Kier molecular flexibility index (Phi) is 5.09. The second-order valence-corrected chi connectivity index (χ2v) is 4.82. The highest BCUT2D eigenvalue weighted by atomic mass is 32.1. The number of rotatable bonds is 3. The topological polar surface area (TPSA) is 44.4 Å². The van der Waals surface area contributed by atoms with Crippen LogP contribution in [0.3, 0.4) is 0 Å². The average Bonchev–Trinajstić information content (AvgIpc) is 2.30. The third-order valence-electron chi connectivity index (χ3n) is 2.54. The van der Waals surface area contributed by atoms with Crippen LogP contribution in [0.1, 0.15) is 11.1 Å². The van der Waals surface area contributed by atoms with Gasteiger partial charge >= 0.3 is 0 Å². The quantitative estimate of drug-likeness (QED) is 0.816. The molecule has 4 nitrogen and oxygen atoms in total. The summed E-state index contributed by atoms with van der Waals surface area (Å²) in [5.41, 5.74) is 3.24. The molecule has 0 atom stereocenters. The Bertz CT molecular complexity index is 458. The van der Waals surface area contributed by atoms with Gasteiger partial charge in [-0.2, -0.15) is 0 Å². The molecular weight excluding hydrogens is 246 g/mol. The molecule has 0 radical (unpaired) electrons. The summed E-state index contributed by atoms with van der Waals surface area (Å²) >= 11 is 5.15. The minimum atomic E-state index is -0.0138. The molecule has 0 aliphatic carbocycles. The number of anilines is 1. The van der Waals surface area contributed by atoms with Crippen LogP contribution >= 0.6 is 12.2 Å². The molecule has 0 saturated carbocycles. The Morgan fingerprint density at radius 1 is 1.33 bits per heavy atom. The number of carbonyl (C=O) groups excluding carboxylic acids is 1. The number of benzene rings is 1. The molecule has 0 saturated heterocycles. The van der Waals surface area contributed by atoms with Gasteiger partial charge in [0, 0.05) is 19.8 Å². The molecule has 18 heavy (non-hydrogen) atoms. The number of nitrogens with one attached hydrogen (secondary N) is 2. The number of aryl methyl sites for hydroxylation is 2. The third-order valence-corrected chi connectivity index (χ3v) is 2.79. The summed E-state index contributed by atoms with van der Waals surface area (Å²) < 4.78 is 0. The maximum atomic E-state index is 11.4. The van der Waals surface area contributed by atoms with Gasteiger partial charge in [0.05, 0.1) is 6.54 Å². The van der Waals surface area contributed by atoms with Crippen molar-refractivity contribution in [3.63, 3.8) is 0 Å². The molecule has 0 bridgehead atoms. The van der Waals surface area contributed by atoms with E-state index < -0.39 is 0 Å². The lowest BCUT2D eigenvalue weighted by Gasteiger charge is -2.15. The van der Waals surface area contributed by atoms with Crippen molar-refractivity contribution in [3.05, 3.63) is 29.3 Å². The van der Waals surface area contributed by atoms with Gasteiger partial charge in [0.15, 0.2) is 5.11 Å². The smallest absolute Gasteiger partial charge is 0.241 e. The molecule has 0 spiro atoms. The molecule has 0 unspecified atom stereocenters. The van der Waals surface area contributed by atoms with Crippen LogP contribution in [0, 0.1) is 13.8 Å². The van der Waals surface area contributed by atoms with E-state index in [1.165, 1.54) is 4.90 Å². The first kappa shape index (κ1) is 14.4. The van der Waals surface area contributed by atoms with Crippen LogP contribution < -0.4 is 10.6 Å². The van der Waals surface area contributed by atoms with Crippen LogP contribution in [0.15, 0.2) is 18.2 Å². The Labute approximate surface area is 113 Å². The van der Waals surface area contributed by atoms with Crippen molar-refractivity contribution in [3.8, 4) is 0 Å². The fourth-order valence-corrected chi connectivity index (χ4v) is 1.53. The number of carbonyl (C=O) groups is 1. The van der Waals surface area contributed by atoms with Gasteiger partial charge in [-0.3, -0.25) is 4.79 Å². The molecule has 98 valence electrons. The first-order valence-electron chi connectivity index (χ1n) is 5.72. The monoisotopic (exact) mass is 265 g/mol. The van der Waals surface area contributed by atoms with E-state index in [9.17, 15) is 4.79 Å². The van der Waals surface area contributed by atoms with E-state index in [-0.39, 0.29) is 12.5 Å². The minimum Gasteiger partial charge on any atom is -0.353 e. The van der Waals surface area contributed by atoms with Gasteiger partial charge in [-0.05, 0) is 43.3 Å². The Morgan fingerprint density at radius 3 is 2.61 bits per heavy atom. The summed E-state index contributed by atoms with van der Waals surface area (Å²) in [7, 11) is 3.43. The maximum absolute atomic E-state index is 11.4. The first-order valence-corrected chi connectivity index (χ1v) is 6.13. The van der Waals surface area contributed by atoms with Crippen LogP contribution in [-0.2, 0) is 4.79 Å². The molecule has 0 heterocycles. The van der Waals surface area contributed by atoms with E-state index in [0.29, 0.717) is 5.11 Å². The largest absolute Gasteiger partial charge is 0.353 e. The van der Waals surface area contributed by atoms with E-state index in [0.717, 1.165) is 16.8 Å². The zero-order chi connectivity index (χ0) is 13.7. The third kappa shape index (κ3) is 4.33. The Hall–Kier alpha value is -1.62. The van der Waals surface area contributed by atoms with E-state index in [1.54, 1.807) is 14.1 Å². The van der Waals surface area contributed by atoms with Crippen molar-refractivity contribution in [2.45, 2.75) is 13.8 Å². The van der Waals surface area contributed by atoms with E-state index in [1.807, 2.05) is 32.0 Å². The lowest BCUT2D eigenvalue weighted by atomic mass is 10.1. The van der Waals surface area contributed by atoms with Gasteiger partial charge in [0.1, 0.15) is 0 Å². The Morgan fingerprint density at radius 2 is 2.00 bits per heavy atom. The highest BCUT2D eigenvalue weighted by molar-refractivity contribution is 7.80. The normalized spacial score (nSPS) is 9.78. The summed E-state index contributed by atoms with van der Waals surface area (Å²) in [4.78, 5) is 12.9. The van der Waals surface area contributed by atoms with Gasteiger partial charge in [-0.15, -0.1) is 0 Å². The summed E-state index contributed by atoms with van der Waals surface area (Å²) in [5.74, 6) is -0.0138. The predicted octanol–water partition coefficient (Wildman–Crippen LogP) is 1.68. The molecule has 0 aliphatic heterocycles. The molecule has 1 amide bonds. The standard InChI is InChI=1S/C13H19N3OS/c1-9-5-6-10(2)11(7-9)15-13(18)14-8-12(17)16(3)4/h5-7H,8H2,1-4H3,(H2,14,15,18). The molecular formula is C13H19N3OS. The molecule has 1 aromatic rings. The van der Waals surface area contributed by atoms with Crippen molar-refractivity contribution < 1.29 is 4.79 Å². The zero-order valence-electron chi connectivity index (χ0n) is 11.2. The van der Waals surface area contributed by atoms with E-state index >= 15 is 0 Å². The van der Waals surface area contributed by atoms with Gasteiger partial charge < -0.3 is 15.5 Å². The molecule has 0 aromatic heterocycles. The van der Waals surface area contributed by atoms with Crippen LogP contribution in [0.25, 0.3) is 0 Å². The highest BCUT2D eigenvalue weighted by Crippen LogP contribution is 2.15. The van der Waals surface area contributed by atoms with Crippen LogP contribution in [0.2, 0.25) is 0 Å². The average molecular weight is 265 g/mol. The second kappa shape index (κ2) is 6.35. The SMILES string of the molecule is Cc1ccc(C)c(NC(=S)NCC(=O)N(C)C)c1. The number of hydrogen-bond acceptors (Lipinski definition) is 2. The number of thiocarbonyl (C=S) groups is 1. The van der Waals surface area contributed by atoms with Gasteiger partial charge in [-0.1, -0.05) is 12.1 Å². The van der Waals surface area contributed by atoms with Crippen LogP contribution in [0.4, 0.5) is 5.69 Å². The van der Waals surface area contributed by atoms with Crippen molar-refractivity contribution in [1.29, 1.82) is 0 Å². The molecule has 1 rings (SSSR count). The van der Waals surface area contributed by atoms with Gasteiger partial charge in [0.25, 0.3) is 0 Å². The van der Waals surface area contributed by atoms with Crippen LogP contribution in [-0.4, -0.2) is 36.6 Å². The van der Waals surface area contributed by atoms with Gasteiger partial charge in [0.2, 0.25) is 5.91 Å². The molecule has 2 N–H and O–H groups in total. The van der Waals surface area contributed by atoms with Crippen molar-refractivity contribution in [1.82, 2.24) is 10.2 Å². The maximum Gasteiger partial charge on any atom is 0.241 e. The molecule has 0 aliphatic rings. The summed E-state index contributed by atoms with van der Waals surface area (Å²) in [6.45, 7) is 4.23. The summed E-state index contributed by atoms with van der Waals surface area (Å²) in [6, 6.07) is 6.11. The van der Waals surface area contributed by atoms with Crippen LogP contribution in [0.5, 0.6) is 0 Å². The number of hydrogen-bond donors (Lipinski definition) is 2. The Balaban J connectivity index is 2.55. The molecule has 1 aromatic carbocycles. The number of nitrogens with zero attached hydrogens (tertiary/aromatic N) is 1. The van der Waals surface area contributed by atoms with Crippen molar-refractivity contribution >= 4 is 28.9 Å². The lowest BCUT2D eigenvalue weighted by molar-refractivity contribution is -0.127. The predicted molar refractivity (Wildman–Crippen MR) is 78.8 cm³/mol. The highest BCUT2D eigenvalue weighted by Gasteiger charge is 2.05. The zero-order valence-corrected chi connectivity index (χ0v) is 12.0. The number of likely N-dealkylation sites (N-methyl/N-ethyl adjacent to an activating group) is 1. The first-order chi connectivity index (χ1) is 8.40. The van der Waals surface area contributed by atoms with Crippen molar-refractivity contribution in [2.75, 3.05) is 26.0 Å². The van der Waals surface area contributed by atoms with E-state index in [4.69, 9.17) is 12.2 Å². The second-order valence-electron chi connectivity index (χ2n) is 4.41. The fourth-order valence-electron chi connectivity index (χ4n) is 1.35.